The number of halogens is 2. The molecule has 0 aliphatic carbocycles. The van der Waals surface area contributed by atoms with Gasteiger partial charge in [0.05, 0.1) is 4.47 Å². The van der Waals surface area contributed by atoms with Gasteiger partial charge in [0.15, 0.2) is 0 Å². The number of pyridine rings is 1. The molecule has 0 fully saturated rings. The zero-order valence-corrected chi connectivity index (χ0v) is 11.9. The average molecular weight is 338 g/mol. The van der Waals surface area contributed by atoms with E-state index in [0.717, 1.165) is 14.8 Å². The van der Waals surface area contributed by atoms with Crippen LogP contribution in [0.25, 0.3) is 0 Å². The molecule has 84 valence electrons. The van der Waals surface area contributed by atoms with Crippen LogP contribution >= 0.6 is 31.9 Å². The minimum atomic E-state index is -0.169. The summed E-state index contributed by atoms with van der Waals surface area (Å²) < 4.78 is 1.84. The molecule has 0 aromatic carbocycles. The van der Waals surface area contributed by atoms with Gasteiger partial charge in [0.1, 0.15) is 5.82 Å². The van der Waals surface area contributed by atoms with Crippen LogP contribution in [0.4, 0.5) is 5.82 Å². The van der Waals surface area contributed by atoms with Crippen LogP contribution in [0.15, 0.2) is 21.2 Å². The third kappa shape index (κ3) is 4.09. The van der Waals surface area contributed by atoms with E-state index in [2.05, 4.69) is 42.2 Å². The van der Waals surface area contributed by atoms with Crippen LogP contribution in [0.2, 0.25) is 0 Å². The molecular weight excluding hydrogens is 324 g/mol. The van der Waals surface area contributed by atoms with Crippen molar-refractivity contribution >= 4 is 37.7 Å². The summed E-state index contributed by atoms with van der Waals surface area (Å²) in [7, 11) is 0. The minimum Gasteiger partial charge on any atom is -0.396 e. The summed E-state index contributed by atoms with van der Waals surface area (Å²) in [5.74, 6) is 0.789. The number of aliphatic hydroxyl groups is 1. The molecule has 0 radical (unpaired) electrons. The Balaban J connectivity index is 2.80. The molecule has 0 aliphatic heterocycles. The molecule has 0 bridgehead atoms. The fourth-order valence-corrected chi connectivity index (χ4v) is 2.26. The molecule has 2 N–H and O–H groups in total. The highest BCUT2D eigenvalue weighted by atomic mass is 79.9. The van der Waals surface area contributed by atoms with Crippen molar-refractivity contribution in [2.24, 2.45) is 0 Å². The molecule has 0 unspecified atom stereocenters. The summed E-state index contributed by atoms with van der Waals surface area (Å²) in [4.78, 5) is 4.26. The van der Waals surface area contributed by atoms with E-state index in [9.17, 15) is 0 Å². The summed E-state index contributed by atoms with van der Waals surface area (Å²) in [5.41, 5.74) is -0.169. The lowest BCUT2D eigenvalue weighted by Crippen LogP contribution is -2.32. The second-order valence-electron chi connectivity index (χ2n) is 3.97. The van der Waals surface area contributed by atoms with Crippen molar-refractivity contribution in [1.82, 2.24) is 4.98 Å². The summed E-state index contributed by atoms with van der Waals surface area (Å²) in [6, 6.07) is 1.93. The molecule has 1 rings (SSSR count). The lowest BCUT2D eigenvalue weighted by atomic mass is 10.0. The number of hydrogen-bond acceptors (Lipinski definition) is 3. The van der Waals surface area contributed by atoms with Crippen molar-refractivity contribution in [3.63, 3.8) is 0 Å². The Hall–Kier alpha value is -0.130. The first-order valence-electron chi connectivity index (χ1n) is 4.65. The van der Waals surface area contributed by atoms with Crippen LogP contribution in [0.1, 0.15) is 20.3 Å². The lowest BCUT2D eigenvalue weighted by Gasteiger charge is -2.26. The molecule has 1 aromatic rings. The highest BCUT2D eigenvalue weighted by molar-refractivity contribution is 9.11. The van der Waals surface area contributed by atoms with Gasteiger partial charge in [0, 0.05) is 22.8 Å². The number of nitrogens with one attached hydrogen (secondary N) is 1. The maximum atomic E-state index is 8.91. The van der Waals surface area contributed by atoms with Gasteiger partial charge in [-0.1, -0.05) is 0 Å². The van der Waals surface area contributed by atoms with E-state index in [1.807, 2.05) is 19.9 Å². The molecule has 0 aliphatic rings. The van der Waals surface area contributed by atoms with Gasteiger partial charge in [-0.05, 0) is 58.2 Å². The van der Waals surface area contributed by atoms with Crippen molar-refractivity contribution in [3.8, 4) is 0 Å². The Morgan fingerprint density at radius 1 is 1.47 bits per heavy atom. The molecule has 1 aromatic heterocycles. The third-order valence-electron chi connectivity index (χ3n) is 2.00. The zero-order valence-electron chi connectivity index (χ0n) is 8.72. The quantitative estimate of drug-likeness (QED) is 0.886. The second kappa shape index (κ2) is 5.27. The number of anilines is 1. The van der Waals surface area contributed by atoms with Crippen LogP contribution in [-0.2, 0) is 0 Å². The number of aliphatic hydroxyl groups excluding tert-OH is 1. The van der Waals surface area contributed by atoms with Crippen LogP contribution in [0.5, 0.6) is 0 Å². The topological polar surface area (TPSA) is 45.1 Å². The largest absolute Gasteiger partial charge is 0.396 e. The van der Waals surface area contributed by atoms with Gasteiger partial charge in [-0.2, -0.15) is 0 Å². The first-order valence-corrected chi connectivity index (χ1v) is 6.23. The summed E-state index contributed by atoms with van der Waals surface area (Å²) in [6.45, 7) is 4.22. The van der Waals surface area contributed by atoms with Gasteiger partial charge >= 0.3 is 0 Å². The molecule has 0 saturated heterocycles. The number of nitrogens with zero attached hydrogens (tertiary/aromatic N) is 1. The molecule has 1 heterocycles. The van der Waals surface area contributed by atoms with Gasteiger partial charge in [0.25, 0.3) is 0 Å². The van der Waals surface area contributed by atoms with Crippen LogP contribution < -0.4 is 5.32 Å². The molecule has 3 nitrogen and oxygen atoms in total. The van der Waals surface area contributed by atoms with E-state index in [0.29, 0.717) is 6.42 Å². The van der Waals surface area contributed by atoms with E-state index >= 15 is 0 Å². The van der Waals surface area contributed by atoms with Gasteiger partial charge in [0.2, 0.25) is 0 Å². The van der Waals surface area contributed by atoms with Crippen molar-refractivity contribution in [3.05, 3.63) is 21.2 Å². The third-order valence-corrected chi connectivity index (χ3v) is 3.04. The fraction of sp³-hybridized carbons (Fsp3) is 0.500. The maximum Gasteiger partial charge on any atom is 0.140 e. The summed E-state index contributed by atoms with van der Waals surface area (Å²) in [5, 5.41) is 12.2. The van der Waals surface area contributed by atoms with E-state index in [1.165, 1.54) is 0 Å². The van der Waals surface area contributed by atoms with Gasteiger partial charge < -0.3 is 10.4 Å². The predicted molar refractivity (Wildman–Crippen MR) is 69.0 cm³/mol. The first kappa shape index (κ1) is 12.9. The van der Waals surface area contributed by atoms with E-state index in [1.54, 1.807) is 6.20 Å². The molecule has 0 spiro atoms. The van der Waals surface area contributed by atoms with Crippen LogP contribution in [0.3, 0.4) is 0 Å². The SMILES string of the molecule is CC(C)(CCO)Nc1ncc(Br)cc1Br. The summed E-state index contributed by atoms with van der Waals surface area (Å²) >= 11 is 6.78. The monoisotopic (exact) mass is 336 g/mol. The standard InChI is InChI=1S/C10H14Br2N2O/c1-10(2,3-4-15)14-9-8(12)5-7(11)6-13-9/h5-6,15H,3-4H2,1-2H3,(H,13,14). The molecule has 0 amide bonds. The average Bonchev–Trinajstić information content (AvgIpc) is 2.09. The molecule has 0 atom stereocenters. The van der Waals surface area contributed by atoms with Crippen LogP contribution in [0, 0.1) is 0 Å². The van der Waals surface area contributed by atoms with Crippen molar-refractivity contribution in [1.29, 1.82) is 0 Å². The Labute approximate surface area is 107 Å². The number of aromatic nitrogens is 1. The second-order valence-corrected chi connectivity index (χ2v) is 5.74. The predicted octanol–water partition coefficient (Wildman–Crippen LogP) is 3.18. The zero-order chi connectivity index (χ0) is 11.5. The highest BCUT2D eigenvalue weighted by Gasteiger charge is 2.18. The molecule has 0 saturated carbocycles. The molecule has 5 heteroatoms. The number of rotatable bonds is 4. The number of hydrogen-bond donors (Lipinski definition) is 2. The van der Waals surface area contributed by atoms with Gasteiger partial charge in [-0.25, -0.2) is 4.98 Å². The normalized spacial score (nSPS) is 11.5. The van der Waals surface area contributed by atoms with E-state index in [4.69, 9.17) is 5.11 Å². The first-order chi connectivity index (χ1) is 6.94. The Morgan fingerprint density at radius 3 is 2.67 bits per heavy atom. The van der Waals surface area contributed by atoms with E-state index in [-0.39, 0.29) is 12.1 Å². The van der Waals surface area contributed by atoms with Gasteiger partial charge in [-0.15, -0.1) is 0 Å². The highest BCUT2D eigenvalue weighted by Crippen LogP contribution is 2.26. The van der Waals surface area contributed by atoms with Gasteiger partial charge in [-0.3, -0.25) is 0 Å². The minimum absolute atomic E-state index is 0.161. The Kier molecular flexibility index (Phi) is 4.55. The Morgan fingerprint density at radius 2 is 2.13 bits per heavy atom. The lowest BCUT2D eigenvalue weighted by molar-refractivity contribution is 0.260. The Bertz CT molecular complexity index is 342. The molecular formula is C10H14Br2N2O. The van der Waals surface area contributed by atoms with Crippen molar-refractivity contribution in [2.45, 2.75) is 25.8 Å². The van der Waals surface area contributed by atoms with Crippen molar-refractivity contribution < 1.29 is 5.11 Å². The van der Waals surface area contributed by atoms with E-state index < -0.39 is 0 Å². The summed E-state index contributed by atoms with van der Waals surface area (Å²) in [6.07, 6.45) is 2.42. The van der Waals surface area contributed by atoms with Crippen LogP contribution in [-0.4, -0.2) is 22.2 Å². The van der Waals surface area contributed by atoms with Crippen molar-refractivity contribution in [2.75, 3.05) is 11.9 Å². The fourth-order valence-electron chi connectivity index (χ4n) is 1.17. The maximum absolute atomic E-state index is 8.91. The molecule has 15 heavy (non-hydrogen) atoms. The smallest absolute Gasteiger partial charge is 0.140 e.